The molecule has 4 atom stereocenters. The number of para-hydroxylation sites is 2. The number of amides is 1. The summed E-state index contributed by atoms with van der Waals surface area (Å²) in [5.74, 6) is -1.30. The first kappa shape index (κ1) is 23.6. The van der Waals surface area contributed by atoms with E-state index >= 15 is 0 Å². The highest BCUT2D eigenvalue weighted by Gasteiger charge is 2.71. The van der Waals surface area contributed by atoms with Crippen LogP contribution in [0.5, 0.6) is 5.75 Å². The molecule has 4 aromatic rings. The number of anilines is 1. The Bertz CT molecular complexity index is 1680. The number of hydrogen-bond donors (Lipinski definition) is 1. The van der Waals surface area contributed by atoms with Crippen molar-refractivity contribution in [2.75, 3.05) is 12.4 Å². The molecule has 1 N–H and O–H groups in total. The number of Topliss-reactive ketones (excluding diaryl/α,β-unsaturated/α-hetero) is 2. The summed E-state index contributed by atoms with van der Waals surface area (Å²) in [5, 5.41) is 4.92. The van der Waals surface area contributed by atoms with Crippen molar-refractivity contribution in [3.05, 3.63) is 124 Å². The van der Waals surface area contributed by atoms with Gasteiger partial charge in [0.25, 0.3) is 0 Å². The zero-order chi connectivity index (χ0) is 26.7. The minimum atomic E-state index is -1.33. The summed E-state index contributed by atoms with van der Waals surface area (Å²) in [5.41, 5.74) is 2.32. The first-order chi connectivity index (χ1) is 19.1. The van der Waals surface area contributed by atoms with E-state index in [1.165, 1.54) is 18.4 Å². The Labute approximate surface area is 229 Å². The topological polar surface area (TPSA) is 75.7 Å². The van der Waals surface area contributed by atoms with Crippen molar-refractivity contribution < 1.29 is 19.1 Å². The number of nitrogens with one attached hydrogen (secondary N) is 1. The van der Waals surface area contributed by atoms with Gasteiger partial charge in [0.2, 0.25) is 5.91 Å². The molecule has 0 radical (unpaired) electrons. The van der Waals surface area contributed by atoms with Crippen LogP contribution in [0, 0.1) is 5.92 Å². The average Bonchev–Trinajstić information content (AvgIpc) is 3.69. The van der Waals surface area contributed by atoms with Crippen molar-refractivity contribution in [2.24, 2.45) is 5.92 Å². The fourth-order valence-electron chi connectivity index (χ4n) is 6.75. The number of methoxy groups -OCH3 is 1. The first-order valence-corrected chi connectivity index (χ1v) is 13.7. The third kappa shape index (κ3) is 3.17. The normalized spacial score (nSPS) is 24.2. The number of ketones is 2. The molecular formula is C32H24N2O4S. The van der Waals surface area contributed by atoms with Crippen molar-refractivity contribution in [3.8, 4) is 5.75 Å². The number of rotatable bonds is 5. The molecule has 0 bridgehead atoms. The van der Waals surface area contributed by atoms with Crippen molar-refractivity contribution in [2.45, 2.75) is 17.5 Å². The van der Waals surface area contributed by atoms with Crippen LogP contribution in [0.2, 0.25) is 0 Å². The molecule has 3 aliphatic heterocycles. The molecule has 192 valence electrons. The molecule has 1 saturated heterocycles. The Morgan fingerprint density at radius 2 is 1.69 bits per heavy atom. The highest BCUT2D eigenvalue weighted by Crippen LogP contribution is 2.62. The zero-order valence-corrected chi connectivity index (χ0v) is 21.9. The van der Waals surface area contributed by atoms with E-state index < -0.39 is 23.4 Å². The molecule has 0 unspecified atom stereocenters. The van der Waals surface area contributed by atoms with Gasteiger partial charge in [-0.05, 0) is 52.4 Å². The third-order valence-electron chi connectivity index (χ3n) is 8.26. The Kier molecular flexibility index (Phi) is 5.32. The molecular weight excluding hydrogens is 508 g/mol. The maximum Gasteiger partial charge on any atom is 0.238 e. The lowest BCUT2D eigenvalue weighted by atomic mass is 9.63. The van der Waals surface area contributed by atoms with Gasteiger partial charge in [-0.15, -0.1) is 11.3 Å². The molecule has 39 heavy (non-hydrogen) atoms. The summed E-state index contributed by atoms with van der Waals surface area (Å²) in [6.07, 6.45) is 3.83. The van der Waals surface area contributed by atoms with Gasteiger partial charge in [0.15, 0.2) is 11.6 Å². The molecule has 0 aliphatic carbocycles. The highest BCUT2D eigenvalue weighted by atomic mass is 32.1. The third-order valence-corrected chi connectivity index (χ3v) is 9.14. The van der Waals surface area contributed by atoms with Crippen LogP contribution >= 0.6 is 11.3 Å². The van der Waals surface area contributed by atoms with Crippen molar-refractivity contribution in [3.63, 3.8) is 0 Å². The molecule has 3 aromatic carbocycles. The smallest absolute Gasteiger partial charge is 0.238 e. The molecule has 1 amide bonds. The van der Waals surface area contributed by atoms with Gasteiger partial charge in [-0.25, -0.2) is 0 Å². The summed E-state index contributed by atoms with van der Waals surface area (Å²) in [6, 6.07) is 24.5. The predicted molar refractivity (Wildman–Crippen MR) is 150 cm³/mol. The van der Waals surface area contributed by atoms with Crippen molar-refractivity contribution in [1.29, 1.82) is 0 Å². The first-order valence-electron chi connectivity index (χ1n) is 12.8. The Balaban J connectivity index is 1.55. The van der Waals surface area contributed by atoms with Gasteiger partial charge in [0, 0.05) is 11.9 Å². The van der Waals surface area contributed by atoms with Gasteiger partial charge < -0.3 is 15.0 Å². The number of thiophene rings is 1. The van der Waals surface area contributed by atoms with E-state index in [1.54, 1.807) is 30.3 Å². The fraction of sp³-hybridized carbons (Fsp3) is 0.156. The maximum atomic E-state index is 14.6. The molecule has 0 saturated carbocycles. The minimum absolute atomic E-state index is 0.217. The van der Waals surface area contributed by atoms with E-state index in [-0.39, 0.29) is 17.5 Å². The van der Waals surface area contributed by atoms with Gasteiger partial charge >= 0.3 is 0 Å². The molecule has 1 spiro atoms. The van der Waals surface area contributed by atoms with Crippen LogP contribution in [0.1, 0.15) is 42.8 Å². The van der Waals surface area contributed by atoms with Gasteiger partial charge in [-0.3, -0.25) is 14.4 Å². The molecule has 7 rings (SSSR count). The average molecular weight is 533 g/mol. The number of benzene rings is 3. The van der Waals surface area contributed by atoms with Crippen LogP contribution in [0.15, 0.2) is 96.5 Å². The van der Waals surface area contributed by atoms with E-state index in [0.717, 1.165) is 16.7 Å². The van der Waals surface area contributed by atoms with Gasteiger partial charge in [-0.2, -0.15) is 0 Å². The predicted octanol–water partition coefficient (Wildman–Crippen LogP) is 5.74. The van der Waals surface area contributed by atoms with Gasteiger partial charge in [0.1, 0.15) is 17.2 Å². The minimum Gasteiger partial charge on any atom is -0.496 e. The van der Waals surface area contributed by atoms with Crippen LogP contribution in [0.3, 0.4) is 0 Å². The molecule has 4 heterocycles. The number of carbonyl (C=O) groups is 3. The van der Waals surface area contributed by atoms with E-state index in [4.69, 9.17) is 4.74 Å². The molecule has 3 aliphatic rings. The maximum absolute atomic E-state index is 14.6. The SMILES string of the molecule is COc1ccccc1C(=O)[C@@H]1[C@@H](C(=O)c2cccs2)[C@@]2(C(=O)Nc3ccccc32)[C@H]2c3ccccc3C=CN12. The van der Waals surface area contributed by atoms with Crippen LogP contribution in [0.4, 0.5) is 5.69 Å². The second kappa shape index (κ2) is 8.78. The monoisotopic (exact) mass is 532 g/mol. The summed E-state index contributed by atoms with van der Waals surface area (Å²) in [4.78, 5) is 46.0. The standard InChI is InChI=1S/C32H24N2O4S/c1-38-24-14-7-4-11-21(24)28(35)27-26(29(36)25-15-8-18-39-25)32(22-12-5-6-13-23(22)33-31(32)37)30-20-10-3-2-9-19(20)16-17-34(27)30/h2-18,26-27,30H,1H3,(H,33,37)/t26-,27-,30+,32+/m0/s1. The van der Waals surface area contributed by atoms with E-state index in [0.29, 0.717) is 21.9 Å². The van der Waals surface area contributed by atoms with Crippen LogP contribution < -0.4 is 10.1 Å². The molecule has 1 fully saturated rings. The summed E-state index contributed by atoms with van der Waals surface area (Å²) in [7, 11) is 1.52. The zero-order valence-electron chi connectivity index (χ0n) is 21.0. The van der Waals surface area contributed by atoms with E-state index in [1.807, 2.05) is 77.2 Å². The second-order valence-corrected chi connectivity index (χ2v) is 10.9. The molecule has 1 aromatic heterocycles. The van der Waals surface area contributed by atoms with Crippen molar-refractivity contribution in [1.82, 2.24) is 4.90 Å². The summed E-state index contributed by atoms with van der Waals surface area (Å²) in [6.45, 7) is 0. The van der Waals surface area contributed by atoms with Crippen LogP contribution in [0.25, 0.3) is 6.08 Å². The quantitative estimate of drug-likeness (QED) is 0.332. The summed E-state index contributed by atoms with van der Waals surface area (Å²) >= 11 is 1.32. The number of ether oxygens (including phenoxy) is 1. The molecule has 7 heteroatoms. The lowest BCUT2D eigenvalue weighted by molar-refractivity contribution is -0.122. The van der Waals surface area contributed by atoms with Gasteiger partial charge in [-0.1, -0.05) is 60.7 Å². The Morgan fingerprint density at radius 1 is 0.923 bits per heavy atom. The lowest BCUT2D eigenvalue weighted by Crippen LogP contribution is -2.49. The Hall–Kier alpha value is -4.49. The fourth-order valence-corrected chi connectivity index (χ4v) is 7.45. The van der Waals surface area contributed by atoms with E-state index in [9.17, 15) is 14.4 Å². The summed E-state index contributed by atoms with van der Waals surface area (Å²) < 4.78 is 5.56. The number of fused-ring (bicyclic) bond motifs is 6. The number of carbonyl (C=O) groups excluding carboxylic acids is 3. The Morgan fingerprint density at radius 3 is 2.51 bits per heavy atom. The highest BCUT2D eigenvalue weighted by molar-refractivity contribution is 7.12. The van der Waals surface area contributed by atoms with Crippen molar-refractivity contribution >= 4 is 40.6 Å². The molecule has 6 nitrogen and oxygen atoms in total. The number of hydrogen-bond acceptors (Lipinski definition) is 6. The lowest BCUT2D eigenvalue weighted by Gasteiger charge is -2.38. The van der Waals surface area contributed by atoms with Gasteiger partial charge in [0.05, 0.1) is 29.5 Å². The van der Waals surface area contributed by atoms with E-state index in [2.05, 4.69) is 5.32 Å². The second-order valence-electron chi connectivity index (χ2n) is 9.99. The number of nitrogens with zero attached hydrogens (tertiary/aromatic N) is 1. The van der Waals surface area contributed by atoms with Crippen LogP contribution in [-0.2, 0) is 10.2 Å². The van der Waals surface area contributed by atoms with Crippen LogP contribution in [-0.4, -0.2) is 35.5 Å². The largest absolute Gasteiger partial charge is 0.496 e.